The average Bonchev–Trinajstić information content (AvgIpc) is 2.38. The van der Waals surface area contributed by atoms with Gasteiger partial charge >= 0.3 is 7.12 Å². The highest BCUT2D eigenvalue weighted by Gasteiger charge is 2.26. The van der Waals surface area contributed by atoms with E-state index in [-0.39, 0.29) is 0 Å². The zero-order chi connectivity index (χ0) is 12.7. The Morgan fingerprint density at radius 1 is 1.00 bits per heavy atom. The fraction of sp³-hybridized carbons (Fsp3) is 0.500. The van der Waals surface area contributed by atoms with Crippen LogP contribution in [-0.2, 0) is 9.31 Å². The number of hydrogen-bond acceptors (Lipinski definition) is 4. The minimum Gasteiger partial charge on any atom is -0.381 e. The van der Waals surface area contributed by atoms with Gasteiger partial charge in [-0.25, -0.2) is 0 Å². The van der Waals surface area contributed by atoms with E-state index in [1.54, 1.807) is 0 Å². The predicted molar refractivity (Wildman–Crippen MR) is 66.6 cm³/mol. The van der Waals surface area contributed by atoms with Crippen molar-refractivity contribution in [3.8, 4) is 0 Å². The Balaban J connectivity index is 2.72. The Morgan fingerprint density at radius 3 is 1.88 bits per heavy atom. The maximum Gasteiger partial charge on any atom is 0.497 e. The van der Waals surface area contributed by atoms with Crippen molar-refractivity contribution in [1.29, 1.82) is 0 Å². The number of aliphatic hydroxyl groups is 2. The van der Waals surface area contributed by atoms with Gasteiger partial charge in [0, 0.05) is 0 Å². The minimum atomic E-state index is -0.899. The van der Waals surface area contributed by atoms with E-state index in [2.05, 4.69) is 0 Å². The van der Waals surface area contributed by atoms with Crippen LogP contribution in [0, 0.1) is 0 Å². The molecule has 0 aliphatic carbocycles. The zero-order valence-corrected chi connectivity index (χ0v) is 10.2. The van der Waals surface area contributed by atoms with E-state index in [1.165, 1.54) is 0 Å². The van der Waals surface area contributed by atoms with Gasteiger partial charge in [-0.2, -0.15) is 0 Å². The van der Waals surface area contributed by atoms with Gasteiger partial charge < -0.3 is 19.5 Å². The molecule has 4 nitrogen and oxygen atoms in total. The van der Waals surface area contributed by atoms with Crippen molar-refractivity contribution in [2.24, 2.45) is 0 Å². The van der Waals surface area contributed by atoms with Gasteiger partial charge in [-0.3, -0.25) is 0 Å². The standard InChI is InChI=1S/C12H19BO4/c1-3-11(14)16-13(17-12(15)4-2)10-8-6-5-7-9-10/h5-9,11-12,14-15H,3-4H2,1-2H3. The topological polar surface area (TPSA) is 58.9 Å². The molecule has 2 atom stereocenters. The van der Waals surface area contributed by atoms with E-state index in [0.29, 0.717) is 12.8 Å². The summed E-state index contributed by atoms with van der Waals surface area (Å²) >= 11 is 0. The van der Waals surface area contributed by atoms with E-state index >= 15 is 0 Å². The van der Waals surface area contributed by atoms with Gasteiger partial charge in [0.15, 0.2) is 0 Å². The number of benzene rings is 1. The molecule has 0 aliphatic rings. The van der Waals surface area contributed by atoms with Crippen LogP contribution in [0.5, 0.6) is 0 Å². The quantitative estimate of drug-likeness (QED) is 0.546. The van der Waals surface area contributed by atoms with Gasteiger partial charge in [-0.05, 0) is 18.3 Å². The van der Waals surface area contributed by atoms with E-state index in [1.807, 2.05) is 44.2 Å². The van der Waals surface area contributed by atoms with Gasteiger partial charge in [0.2, 0.25) is 0 Å². The fourth-order valence-electron chi connectivity index (χ4n) is 1.28. The third-order valence-corrected chi connectivity index (χ3v) is 2.33. The summed E-state index contributed by atoms with van der Waals surface area (Å²) in [4.78, 5) is 0. The lowest BCUT2D eigenvalue weighted by atomic mass is 9.78. The van der Waals surface area contributed by atoms with Crippen LogP contribution in [-0.4, -0.2) is 29.9 Å². The first kappa shape index (κ1) is 14.2. The summed E-state index contributed by atoms with van der Waals surface area (Å²) in [5.41, 5.74) is 0.771. The Labute approximate surface area is 102 Å². The van der Waals surface area contributed by atoms with Gasteiger partial charge in [0.25, 0.3) is 0 Å². The van der Waals surface area contributed by atoms with Crippen LogP contribution in [0.1, 0.15) is 26.7 Å². The lowest BCUT2D eigenvalue weighted by Crippen LogP contribution is -2.42. The van der Waals surface area contributed by atoms with Crippen LogP contribution >= 0.6 is 0 Å². The largest absolute Gasteiger partial charge is 0.497 e. The van der Waals surface area contributed by atoms with Crippen LogP contribution in [0.15, 0.2) is 30.3 Å². The first-order chi connectivity index (χ1) is 8.17. The van der Waals surface area contributed by atoms with Crippen LogP contribution in [0.3, 0.4) is 0 Å². The van der Waals surface area contributed by atoms with Gasteiger partial charge in [-0.15, -0.1) is 0 Å². The summed E-state index contributed by atoms with van der Waals surface area (Å²) in [7, 11) is -0.749. The molecule has 1 aromatic carbocycles. The molecule has 2 unspecified atom stereocenters. The van der Waals surface area contributed by atoms with Gasteiger partial charge in [-0.1, -0.05) is 44.2 Å². The normalized spacial score (nSPS) is 14.4. The molecular formula is C12H19BO4. The highest BCUT2D eigenvalue weighted by molar-refractivity contribution is 6.61. The molecule has 0 fully saturated rings. The third-order valence-electron chi connectivity index (χ3n) is 2.33. The second-order valence-corrected chi connectivity index (χ2v) is 3.74. The lowest BCUT2D eigenvalue weighted by Gasteiger charge is -2.20. The second-order valence-electron chi connectivity index (χ2n) is 3.74. The smallest absolute Gasteiger partial charge is 0.381 e. The molecule has 0 bridgehead atoms. The SMILES string of the molecule is CCC(O)OB(OC(O)CC)c1ccccc1. The fourth-order valence-corrected chi connectivity index (χ4v) is 1.28. The number of hydrogen-bond donors (Lipinski definition) is 2. The maximum absolute atomic E-state index is 9.49. The van der Waals surface area contributed by atoms with E-state index in [0.717, 1.165) is 5.46 Å². The molecule has 0 radical (unpaired) electrons. The first-order valence-electron chi connectivity index (χ1n) is 5.89. The summed E-state index contributed by atoms with van der Waals surface area (Å²) < 4.78 is 10.7. The molecule has 0 aromatic heterocycles. The predicted octanol–water partition coefficient (Wildman–Crippen LogP) is 0.872. The summed E-state index contributed by atoms with van der Waals surface area (Å²) in [5, 5.41) is 19.0. The molecular weight excluding hydrogens is 219 g/mol. The maximum atomic E-state index is 9.49. The minimum absolute atomic E-state index is 0.467. The molecule has 0 aliphatic heterocycles. The Morgan fingerprint density at radius 2 is 1.47 bits per heavy atom. The number of rotatable bonds is 7. The second kappa shape index (κ2) is 7.45. The molecule has 1 rings (SSSR count). The summed E-state index contributed by atoms with van der Waals surface area (Å²) in [6, 6.07) is 9.25. The molecule has 5 heteroatoms. The van der Waals surface area contributed by atoms with Crippen molar-refractivity contribution < 1.29 is 19.5 Å². The van der Waals surface area contributed by atoms with Gasteiger partial charge in [0.05, 0.1) is 0 Å². The van der Waals surface area contributed by atoms with E-state index < -0.39 is 19.7 Å². The molecule has 0 heterocycles. The monoisotopic (exact) mass is 238 g/mol. The van der Waals surface area contributed by atoms with Crippen LogP contribution < -0.4 is 5.46 Å². The van der Waals surface area contributed by atoms with Gasteiger partial charge in [0.1, 0.15) is 12.6 Å². The molecule has 0 saturated heterocycles. The summed E-state index contributed by atoms with van der Waals surface area (Å²) in [6.45, 7) is 3.62. The van der Waals surface area contributed by atoms with Crippen molar-refractivity contribution in [3.05, 3.63) is 30.3 Å². The van der Waals surface area contributed by atoms with Crippen molar-refractivity contribution in [1.82, 2.24) is 0 Å². The highest BCUT2D eigenvalue weighted by atomic mass is 16.7. The molecule has 94 valence electrons. The third kappa shape index (κ3) is 4.87. The lowest BCUT2D eigenvalue weighted by molar-refractivity contribution is -0.0764. The van der Waals surface area contributed by atoms with Crippen molar-refractivity contribution in [2.45, 2.75) is 39.3 Å². The molecule has 0 spiro atoms. The summed E-state index contributed by atoms with van der Waals surface area (Å²) in [6.07, 6.45) is -0.863. The molecule has 2 N–H and O–H groups in total. The average molecular weight is 238 g/mol. The van der Waals surface area contributed by atoms with Crippen molar-refractivity contribution in [2.75, 3.05) is 0 Å². The first-order valence-corrected chi connectivity index (χ1v) is 5.89. The Hall–Kier alpha value is -0.875. The molecule has 0 amide bonds. The van der Waals surface area contributed by atoms with Crippen LogP contribution in [0.2, 0.25) is 0 Å². The van der Waals surface area contributed by atoms with E-state index in [4.69, 9.17) is 9.31 Å². The molecule has 1 aromatic rings. The summed E-state index contributed by atoms with van der Waals surface area (Å²) in [5.74, 6) is 0. The zero-order valence-electron chi connectivity index (χ0n) is 10.2. The Kier molecular flexibility index (Phi) is 6.22. The van der Waals surface area contributed by atoms with Crippen molar-refractivity contribution in [3.63, 3.8) is 0 Å². The molecule has 0 saturated carbocycles. The van der Waals surface area contributed by atoms with Crippen LogP contribution in [0.25, 0.3) is 0 Å². The highest BCUT2D eigenvalue weighted by Crippen LogP contribution is 2.03. The van der Waals surface area contributed by atoms with E-state index in [9.17, 15) is 10.2 Å². The van der Waals surface area contributed by atoms with Crippen LogP contribution in [0.4, 0.5) is 0 Å². The molecule has 17 heavy (non-hydrogen) atoms. The Bertz CT molecular complexity index is 295. The number of aliphatic hydroxyl groups excluding tert-OH is 2. The van der Waals surface area contributed by atoms with Crippen molar-refractivity contribution >= 4 is 12.6 Å².